The van der Waals surface area contributed by atoms with Crippen LogP contribution in [0.3, 0.4) is 0 Å². The lowest BCUT2D eigenvalue weighted by atomic mass is 10.2. The van der Waals surface area contributed by atoms with E-state index in [0.717, 1.165) is 11.3 Å². The van der Waals surface area contributed by atoms with Crippen molar-refractivity contribution < 1.29 is 0 Å². The zero-order valence-corrected chi connectivity index (χ0v) is 7.71. The number of nitrogens with one attached hydrogen (secondary N) is 1. The van der Waals surface area contributed by atoms with E-state index in [1.165, 1.54) is 0 Å². The van der Waals surface area contributed by atoms with E-state index in [1.54, 1.807) is 0 Å². The van der Waals surface area contributed by atoms with E-state index >= 15 is 0 Å². The highest BCUT2D eigenvalue weighted by atomic mass is 35.5. The molecule has 0 aliphatic heterocycles. The molecule has 2 aromatic rings. The highest BCUT2D eigenvalue weighted by Crippen LogP contribution is 2.16. The maximum Gasteiger partial charge on any atom is 0.145 e. The summed E-state index contributed by atoms with van der Waals surface area (Å²) in [7, 11) is 0. The highest BCUT2D eigenvalue weighted by molar-refractivity contribution is 5.85. The highest BCUT2D eigenvalue weighted by Gasteiger charge is 1.98. The van der Waals surface area contributed by atoms with Crippen LogP contribution in [0.4, 0.5) is 5.82 Å². The average molecular weight is 196 g/mol. The van der Waals surface area contributed by atoms with Gasteiger partial charge >= 0.3 is 0 Å². The van der Waals surface area contributed by atoms with Gasteiger partial charge in [0.2, 0.25) is 0 Å². The third-order valence-corrected chi connectivity index (χ3v) is 1.68. The number of halogens is 1. The number of rotatable bonds is 1. The molecule has 13 heavy (non-hydrogen) atoms. The summed E-state index contributed by atoms with van der Waals surface area (Å²) < 4.78 is 0. The third kappa shape index (κ3) is 2.00. The molecule has 0 bridgehead atoms. The molecule has 1 aromatic carbocycles. The van der Waals surface area contributed by atoms with Crippen LogP contribution in [0, 0.1) is 0 Å². The van der Waals surface area contributed by atoms with Crippen LogP contribution in [0.5, 0.6) is 0 Å². The van der Waals surface area contributed by atoms with Crippen LogP contribution >= 0.6 is 12.4 Å². The Balaban J connectivity index is 0.000000845. The number of nitrogens with zero attached hydrogens (tertiary/aromatic N) is 1. The minimum absolute atomic E-state index is 0. The fraction of sp³-hybridized carbons (Fsp3) is 0. The van der Waals surface area contributed by atoms with Crippen molar-refractivity contribution in [3.8, 4) is 11.3 Å². The molecular formula is C9H10ClN3. The first-order valence-electron chi connectivity index (χ1n) is 3.72. The Labute approximate surface area is 82.4 Å². The standard InChI is InChI=1S/C9H9N3.ClH/c10-9-6-8(11-12-9)7-4-2-1-3-5-7;/h1-6H,(H3,10,11,12);1H. The van der Waals surface area contributed by atoms with E-state index in [9.17, 15) is 0 Å². The second kappa shape index (κ2) is 3.96. The van der Waals surface area contributed by atoms with Crippen molar-refractivity contribution in [1.29, 1.82) is 0 Å². The predicted molar refractivity (Wildman–Crippen MR) is 55.7 cm³/mol. The molecule has 0 spiro atoms. The Morgan fingerprint density at radius 1 is 1.15 bits per heavy atom. The summed E-state index contributed by atoms with van der Waals surface area (Å²) in [5.41, 5.74) is 7.52. The van der Waals surface area contributed by atoms with E-state index in [2.05, 4.69) is 10.2 Å². The summed E-state index contributed by atoms with van der Waals surface area (Å²) in [5.74, 6) is 0.522. The predicted octanol–water partition coefficient (Wildman–Crippen LogP) is 2.08. The quantitative estimate of drug-likeness (QED) is 0.732. The number of aromatic amines is 1. The van der Waals surface area contributed by atoms with Crippen LogP contribution in [-0.4, -0.2) is 10.2 Å². The van der Waals surface area contributed by atoms with Gasteiger partial charge in [0.25, 0.3) is 0 Å². The van der Waals surface area contributed by atoms with E-state index < -0.39 is 0 Å². The minimum atomic E-state index is 0. The summed E-state index contributed by atoms with van der Waals surface area (Å²) >= 11 is 0. The first kappa shape index (κ1) is 9.61. The molecule has 0 amide bonds. The Morgan fingerprint density at radius 2 is 1.85 bits per heavy atom. The van der Waals surface area contributed by atoms with Crippen LogP contribution in [-0.2, 0) is 0 Å². The summed E-state index contributed by atoms with van der Waals surface area (Å²) in [4.78, 5) is 0. The largest absolute Gasteiger partial charge is 0.382 e. The maximum atomic E-state index is 5.47. The summed E-state index contributed by atoms with van der Waals surface area (Å²) in [6.07, 6.45) is 0. The van der Waals surface area contributed by atoms with Crippen LogP contribution in [0.15, 0.2) is 36.4 Å². The molecule has 0 unspecified atom stereocenters. The van der Waals surface area contributed by atoms with Crippen molar-refractivity contribution in [1.82, 2.24) is 10.2 Å². The molecule has 1 heterocycles. The van der Waals surface area contributed by atoms with Gasteiger partial charge in [-0.3, -0.25) is 5.10 Å². The van der Waals surface area contributed by atoms with Gasteiger partial charge in [0, 0.05) is 6.07 Å². The Bertz CT molecular complexity index is 369. The van der Waals surface area contributed by atoms with Gasteiger partial charge < -0.3 is 5.73 Å². The molecule has 0 aliphatic carbocycles. The molecule has 0 saturated heterocycles. The zero-order valence-electron chi connectivity index (χ0n) is 6.90. The molecule has 3 nitrogen and oxygen atoms in total. The van der Waals surface area contributed by atoms with Crippen molar-refractivity contribution >= 4 is 18.2 Å². The van der Waals surface area contributed by atoms with Crippen molar-refractivity contribution in [3.05, 3.63) is 36.4 Å². The summed E-state index contributed by atoms with van der Waals surface area (Å²) in [6.45, 7) is 0. The summed E-state index contributed by atoms with van der Waals surface area (Å²) in [6, 6.07) is 11.8. The molecule has 4 heteroatoms. The Kier molecular flexibility index (Phi) is 2.93. The molecule has 0 saturated carbocycles. The van der Waals surface area contributed by atoms with Gasteiger partial charge in [-0.1, -0.05) is 30.3 Å². The molecule has 0 fully saturated rings. The number of nitrogen functional groups attached to an aromatic ring is 1. The fourth-order valence-electron chi connectivity index (χ4n) is 1.10. The van der Waals surface area contributed by atoms with E-state index in [-0.39, 0.29) is 12.4 Å². The van der Waals surface area contributed by atoms with Gasteiger partial charge in [-0.2, -0.15) is 5.10 Å². The molecule has 68 valence electrons. The second-order valence-electron chi connectivity index (χ2n) is 2.57. The van der Waals surface area contributed by atoms with Crippen LogP contribution in [0.1, 0.15) is 0 Å². The number of hydrogen-bond acceptors (Lipinski definition) is 2. The number of anilines is 1. The molecule has 0 aliphatic rings. The van der Waals surface area contributed by atoms with E-state index in [4.69, 9.17) is 5.73 Å². The number of benzene rings is 1. The molecular weight excluding hydrogens is 186 g/mol. The molecule has 0 atom stereocenters. The molecule has 2 rings (SSSR count). The van der Waals surface area contributed by atoms with E-state index in [1.807, 2.05) is 36.4 Å². The van der Waals surface area contributed by atoms with Crippen LogP contribution < -0.4 is 5.73 Å². The topological polar surface area (TPSA) is 54.7 Å². The van der Waals surface area contributed by atoms with Crippen molar-refractivity contribution in [2.24, 2.45) is 0 Å². The first-order chi connectivity index (χ1) is 5.86. The zero-order chi connectivity index (χ0) is 8.39. The maximum absolute atomic E-state index is 5.47. The third-order valence-electron chi connectivity index (χ3n) is 1.68. The molecule has 0 radical (unpaired) electrons. The normalized spacial score (nSPS) is 9.23. The smallest absolute Gasteiger partial charge is 0.145 e. The Morgan fingerprint density at radius 3 is 2.38 bits per heavy atom. The minimum Gasteiger partial charge on any atom is -0.382 e. The van der Waals surface area contributed by atoms with Crippen LogP contribution in [0.2, 0.25) is 0 Å². The van der Waals surface area contributed by atoms with Crippen molar-refractivity contribution in [2.45, 2.75) is 0 Å². The van der Waals surface area contributed by atoms with Gasteiger partial charge in [-0.25, -0.2) is 0 Å². The number of aromatic nitrogens is 2. The number of nitrogens with two attached hydrogens (primary N) is 1. The number of H-pyrrole nitrogens is 1. The number of hydrogen-bond donors (Lipinski definition) is 2. The lowest BCUT2D eigenvalue weighted by Gasteiger charge is -1.93. The van der Waals surface area contributed by atoms with Gasteiger partial charge in [-0.05, 0) is 5.56 Å². The van der Waals surface area contributed by atoms with Gasteiger partial charge in [0.15, 0.2) is 0 Å². The lowest BCUT2D eigenvalue weighted by Crippen LogP contribution is -1.81. The van der Waals surface area contributed by atoms with Crippen molar-refractivity contribution in [2.75, 3.05) is 5.73 Å². The average Bonchev–Trinajstić information content (AvgIpc) is 2.54. The van der Waals surface area contributed by atoms with Crippen LogP contribution in [0.25, 0.3) is 11.3 Å². The SMILES string of the molecule is Cl.Nc1cc(-c2ccccc2)[nH]n1. The van der Waals surface area contributed by atoms with Gasteiger partial charge in [0.1, 0.15) is 5.82 Å². The Hall–Kier alpha value is -1.48. The first-order valence-corrected chi connectivity index (χ1v) is 3.72. The molecule has 3 N–H and O–H groups in total. The summed E-state index contributed by atoms with van der Waals surface area (Å²) in [5, 5.41) is 6.69. The molecule has 1 aromatic heterocycles. The van der Waals surface area contributed by atoms with E-state index in [0.29, 0.717) is 5.82 Å². The van der Waals surface area contributed by atoms with Crippen molar-refractivity contribution in [3.63, 3.8) is 0 Å². The fourth-order valence-corrected chi connectivity index (χ4v) is 1.10. The van der Waals surface area contributed by atoms with Gasteiger partial charge in [-0.15, -0.1) is 12.4 Å². The van der Waals surface area contributed by atoms with Gasteiger partial charge in [0.05, 0.1) is 5.69 Å². The lowest BCUT2D eigenvalue weighted by molar-refractivity contribution is 1.10. The monoisotopic (exact) mass is 195 g/mol. The second-order valence-corrected chi connectivity index (χ2v) is 2.57.